The first-order valence-electron chi connectivity index (χ1n) is 7.35. The average Bonchev–Trinajstić information content (AvgIpc) is 2.58. The quantitative estimate of drug-likeness (QED) is 0.826. The molecule has 0 aliphatic heterocycles. The molecule has 0 saturated heterocycles. The summed E-state index contributed by atoms with van der Waals surface area (Å²) in [4.78, 5) is 12.2. The van der Waals surface area contributed by atoms with E-state index in [4.69, 9.17) is 9.84 Å². The zero-order chi connectivity index (χ0) is 15.8. The Morgan fingerprint density at radius 1 is 1.14 bits per heavy atom. The summed E-state index contributed by atoms with van der Waals surface area (Å²) < 4.78 is 5.71. The highest BCUT2D eigenvalue weighted by molar-refractivity contribution is 5.95. The van der Waals surface area contributed by atoms with Gasteiger partial charge in [0.2, 0.25) is 0 Å². The summed E-state index contributed by atoms with van der Waals surface area (Å²) in [6, 6.07) is 16.9. The lowest BCUT2D eigenvalue weighted by Gasteiger charge is -2.13. The molecule has 0 aliphatic carbocycles. The summed E-state index contributed by atoms with van der Waals surface area (Å²) in [5.74, 6) is 0.663. The second-order valence-corrected chi connectivity index (χ2v) is 5.26. The van der Waals surface area contributed by atoms with Crippen LogP contribution in [0.2, 0.25) is 0 Å². The maximum absolute atomic E-state index is 12.2. The first-order valence-corrected chi connectivity index (χ1v) is 7.35. The minimum atomic E-state index is -0.146. The van der Waals surface area contributed by atoms with Crippen molar-refractivity contribution in [2.45, 2.75) is 13.5 Å². The van der Waals surface area contributed by atoms with Crippen LogP contribution >= 0.6 is 0 Å². The van der Waals surface area contributed by atoms with Crippen LogP contribution in [-0.2, 0) is 6.61 Å². The molecule has 4 heteroatoms. The number of benzene rings is 2. The average molecular weight is 299 g/mol. The maximum Gasteiger partial charge on any atom is 0.251 e. The summed E-state index contributed by atoms with van der Waals surface area (Å²) in [5, 5.41) is 11.8. The van der Waals surface area contributed by atoms with E-state index in [1.54, 1.807) is 6.07 Å². The Hall–Kier alpha value is -2.33. The van der Waals surface area contributed by atoms with Gasteiger partial charge in [0.1, 0.15) is 12.4 Å². The molecule has 1 amide bonds. The molecule has 0 aromatic heterocycles. The van der Waals surface area contributed by atoms with Crippen LogP contribution in [0.1, 0.15) is 22.8 Å². The van der Waals surface area contributed by atoms with Crippen LogP contribution in [0.25, 0.3) is 0 Å². The zero-order valence-electron chi connectivity index (χ0n) is 12.7. The van der Waals surface area contributed by atoms with Gasteiger partial charge in [-0.15, -0.1) is 0 Å². The Balaban J connectivity index is 2.01. The molecule has 0 bridgehead atoms. The van der Waals surface area contributed by atoms with E-state index >= 15 is 0 Å². The molecule has 0 heterocycles. The highest BCUT2D eigenvalue weighted by Gasteiger charge is 2.12. The van der Waals surface area contributed by atoms with E-state index in [9.17, 15) is 4.79 Å². The van der Waals surface area contributed by atoms with Gasteiger partial charge in [-0.1, -0.05) is 43.3 Å². The van der Waals surface area contributed by atoms with E-state index in [2.05, 4.69) is 5.32 Å². The lowest BCUT2D eigenvalue weighted by Crippen LogP contribution is -2.30. The molecular formula is C18H21NO3. The first-order chi connectivity index (χ1) is 10.7. The Kier molecular flexibility index (Phi) is 5.98. The largest absolute Gasteiger partial charge is 0.489 e. The molecule has 22 heavy (non-hydrogen) atoms. The molecule has 2 aromatic rings. The lowest BCUT2D eigenvalue weighted by atomic mass is 10.1. The molecule has 0 fully saturated rings. The number of carbonyl (C=O) groups is 1. The number of aliphatic hydroxyl groups excluding tert-OH is 1. The van der Waals surface area contributed by atoms with Gasteiger partial charge in [0.25, 0.3) is 5.91 Å². The van der Waals surface area contributed by atoms with Gasteiger partial charge in [0, 0.05) is 24.3 Å². The topological polar surface area (TPSA) is 58.6 Å². The smallest absolute Gasteiger partial charge is 0.251 e. The van der Waals surface area contributed by atoms with Gasteiger partial charge in [-0.3, -0.25) is 4.79 Å². The van der Waals surface area contributed by atoms with Gasteiger partial charge in [-0.05, 0) is 24.1 Å². The molecule has 1 atom stereocenters. The van der Waals surface area contributed by atoms with Crippen molar-refractivity contribution < 1.29 is 14.6 Å². The number of aliphatic hydroxyl groups is 1. The maximum atomic E-state index is 12.2. The number of ether oxygens (including phenoxy) is 1. The Morgan fingerprint density at radius 2 is 1.82 bits per heavy atom. The standard InChI is InChI=1S/C18H21NO3/c1-14(12-20)11-19-18(21)17-10-6-5-7-15(17)13-22-16-8-3-2-4-9-16/h2-10,14,20H,11-13H2,1H3,(H,19,21). The highest BCUT2D eigenvalue weighted by Crippen LogP contribution is 2.14. The van der Waals surface area contributed by atoms with Crippen molar-refractivity contribution in [3.63, 3.8) is 0 Å². The fourth-order valence-electron chi connectivity index (χ4n) is 1.97. The van der Waals surface area contributed by atoms with Crippen LogP contribution < -0.4 is 10.1 Å². The number of rotatable bonds is 7. The van der Waals surface area contributed by atoms with Crippen LogP contribution in [0.3, 0.4) is 0 Å². The monoisotopic (exact) mass is 299 g/mol. The molecule has 0 spiro atoms. The van der Waals surface area contributed by atoms with Crippen LogP contribution in [0.15, 0.2) is 54.6 Å². The van der Waals surface area contributed by atoms with Gasteiger partial charge >= 0.3 is 0 Å². The molecule has 2 N–H and O–H groups in total. The third kappa shape index (κ3) is 4.60. The van der Waals surface area contributed by atoms with Crippen molar-refractivity contribution in [1.82, 2.24) is 5.32 Å². The van der Waals surface area contributed by atoms with E-state index in [1.165, 1.54) is 0 Å². The van der Waals surface area contributed by atoms with Crippen molar-refractivity contribution >= 4 is 5.91 Å². The molecule has 2 rings (SSSR count). The van der Waals surface area contributed by atoms with Crippen molar-refractivity contribution in [2.75, 3.05) is 13.2 Å². The minimum absolute atomic E-state index is 0.0386. The van der Waals surface area contributed by atoms with Crippen molar-refractivity contribution in [3.05, 3.63) is 65.7 Å². The lowest BCUT2D eigenvalue weighted by molar-refractivity contribution is 0.0940. The van der Waals surface area contributed by atoms with E-state index in [0.29, 0.717) is 18.7 Å². The SMILES string of the molecule is CC(CO)CNC(=O)c1ccccc1COc1ccccc1. The molecule has 0 saturated carbocycles. The van der Waals surface area contributed by atoms with Crippen molar-refractivity contribution in [3.8, 4) is 5.75 Å². The third-order valence-electron chi connectivity index (χ3n) is 3.32. The molecule has 4 nitrogen and oxygen atoms in total. The van der Waals surface area contributed by atoms with Gasteiger partial charge < -0.3 is 15.2 Å². The number of hydrogen-bond donors (Lipinski definition) is 2. The summed E-state index contributed by atoms with van der Waals surface area (Å²) in [5.41, 5.74) is 1.43. The van der Waals surface area contributed by atoms with Gasteiger partial charge in [-0.2, -0.15) is 0 Å². The second-order valence-electron chi connectivity index (χ2n) is 5.26. The highest BCUT2D eigenvalue weighted by atomic mass is 16.5. The second kappa shape index (κ2) is 8.20. The fourth-order valence-corrected chi connectivity index (χ4v) is 1.97. The number of hydrogen-bond acceptors (Lipinski definition) is 3. The van der Waals surface area contributed by atoms with Crippen molar-refractivity contribution in [1.29, 1.82) is 0 Å². The minimum Gasteiger partial charge on any atom is -0.489 e. The predicted octanol–water partition coefficient (Wildman–Crippen LogP) is 2.62. The summed E-state index contributed by atoms with van der Waals surface area (Å²) in [6.45, 7) is 2.72. The number of nitrogens with one attached hydrogen (secondary N) is 1. The Morgan fingerprint density at radius 3 is 2.55 bits per heavy atom. The summed E-state index contributed by atoms with van der Waals surface area (Å²) in [6.07, 6.45) is 0. The fraction of sp³-hybridized carbons (Fsp3) is 0.278. The predicted molar refractivity (Wildman–Crippen MR) is 85.8 cm³/mol. The van der Waals surface area contributed by atoms with E-state index in [0.717, 1.165) is 11.3 Å². The summed E-state index contributed by atoms with van der Waals surface area (Å²) in [7, 11) is 0. The van der Waals surface area contributed by atoms with Crippen LogP contribution in [0, 0.1) is 5.92 Å². The zero-order valence-corrected chi connectivity index (χ0v) is 12.7. The Labute approximate surface area is 130 Å². The first kappa shape index (κ1) is 16.0. The van der Waals surface area contributed by atoms with E-state index in [-0.39, 0.29) is 18.4 Å². The number of para-hydroxylation sites is 1. The molecule has 2 aromatic carbocycles. The van der Waals surface area contributed by atoms with E-state index < -0.39 is 0 Å². The molecule has 1 unspecified atom stereocenters. The molecule has 0 aliphatic rings. The molecule has 116 valence electrons. The van der Waals surface area contributed by atoms with Crippen LogP contribution in [-0.4, -0.2) is 24.2 Å². The van der Waals surface area contributed by atoms with Gasteiger partial charge in [0.15, 0.2) is 0 Å². The van der Waals surface area contributed by atoms with Gasteiger partial charge in [-0.25, -0.2) is 0 Å². The van der Waals surface area contributed by atoms with Crippen LogP contribution in [0.4, 0.5) is 0 Å². The normalized spacial score (nSPS) is 11.7. The van der Waals surface area contributed by atoms with Crippen LogP contribution in [0.5, 0.6) is 5.75 Å². The summed E-state index contributed by atoms with van der Waals surface area (Å²) >= 11 is 0. The molecule has 0 radical (unpaired) electrons. The third-order valence-corrected chi connectivity index (χ3v) is 3.32. The molecular weight excluding hydrogens is 278 g/mol. The van der Waals surface area contributed by atoms with E-state index in [1.807, 2.05) is 55.5 Å². The van der Waals surface area contributed by atoms with Gasteiger partial charge in [0.05, 0.1) is 0 Å². The Bertz CT molecular complexity index is 598. The van der Waals surface area contributed by atoms with Crippen molar-refractivity contribution in [2.24, 2.45) is 5.92 Å². The number of amides is 1. The number of carbonyl (C=O) groups excluding carboxylic acids is 1.